The summed E-state index contributed by atoms with van der Waals surface area (Å²) in [6, 6.07) is 9.56. The van der Waals surface area contributed by atoms with Gasteiger partial charge >= 0.3 is 5.97 Å². The number of nitrogens with zero attached hydrogens (tertiary/aromatic N) is 1. The first-order valence-corrected chi connectivity index (χ1v) is 12.0. The number of rotatable bonds is 15. The number of unbranched alkanes of at least 4 members (excludes halogenated alkanes) is 7. The number of hydrogen-bond donors (Lipinski definition) is 0. The van der Waals surface area contributed by atoms with Crippen molar-refractivity contribution in [3.8, 4) is 22.6 Å². The van der Waals surface area contributed by atoms with E-state index < -0.39 is 0 Å². The molecule has 0 saturated heterocycles. The van der Waals surface area contributed by atoms with Crippen LogP contribution in [0, 0.1) is 5.92 Å². The fraction of sp³-hybridized carbons (Fsp3) is 0.556. The van der Waals surface area contributed by atoms with Gasteiger partial charge in [0.2, 0.25) is 0 Å². The number of ether oxygens (including phenoxy) is 2. The molecule has 0 amide bonds. The van der Waals surface area contributed by atoms with Gasteiger partial charge in [-0.3, -0.25) is 9.78 Å². The lowest BCUT2D eigenvalue weighted by Crippen LogP contribution is -2.09. The van der Waals surface area contributed by atoms with Crippen molar-refractivity contribution < 1.29 is 14.3 Å². The molecule has 0 saturated carbocycles. The number of pyridine rings is 1. The SMILES string of the molecule is CCCCCCCCCCC(=O)Oc1ccccc1-c1ccncc1OCC(C)CC. The maximum absolute atomic E-state index is 12.4. The fourth-order valence-corrected chi connectivity index (χ4v) is 3.42. The van der Waals surface area contributed by atoms with Crippen LogP contribution in [-0.4, -0.2) is 17.6 Å². The zero-order valence-electron chi connectivity index (χ0n) is 19.6. The number of carbonyl (C=O) groups excluding carboxylic acids is 1. The van der Waals surface area contributed by atoms with Gasteiger partial charge in [-0.1, -0.05) is 90.3 Å². The zero-order chi connectivity index (χ0) is 22.3. The molecule has 0 aliphatic carbocycles. The summed E-state index contributed by atoms with van der Waals surface area (Å²) in [5.41, 5.74) is 1.75. The minimum Gasteiger partial charge on any atom is -0.491 e. The van der Waals surface area contributed by atoms with Crippen molar-refractivity contribution in [1.82, 2.24) is 4.98 Å². The van der Waals surface area contributed by atoms with Gasteiger partial charge in [0.25, 0.3) is 0 Å². The second kappa shape index (κ2) is 14.6. The summed E-state index contributed by atoms with van der Waals surface area (Å²) in [5, 5.41) is 0. The van der Waals surface area contributed by atoms with E-state index in [9.17, 15) is 4.79 Å². The van der Waals surface area contributed by atoms with Crippen molar-refractivity contribution in [1.29, 1.82) is 0 Å². The van der Waals surface area contributed by atoms with Crippen LogP contribution >= 0.6 is 0 Å². The lowest BCUT2D eigenvalue weighted by Gasteiger charge is -2.16. The molecule has 1 aromatic heterocycles. The largest absolute Gasteiger partial charge is 0.491 e. The van der Waals surface area contributed by atoms with E-state index in [4.69, 9.17) is 9.47 Å². The smallest absolute Gasteiger partial charge is 0.311 e. The maximum atomic E-state index is 12.4. The van der Waals surface area contributed by atoms with Gasteiger partial charge in [-0.2, -0.15) is 0 Å². The predicted octanol–water partition coefficient (Wildman–Crippen LogP) is 7.61. The molecule has 4 nitrogen and oxygen atoms in total. The van der Waals surface area contributed by atoms with Crippen LogP contribution in [0.15, 0.2) is 42.7 Å². The average Bonchev–Trinajstić information content (AvgIpc) is 2.80. The predicted molar refractivity (Wildman–Crippen MR) is 127 cm³/mol. The summed E-state index contributed by atoms with van der Waals surface area (Å²) in [4.78, 5) is 16.7. The van der Waals surface area contributed by atoms with E-state index in [1.165, 1.54) is 38.5 Å². The Bertz CT molecular complexity index is 775. The van der Waals surface area contributed by atoms with E-state index in [0.717, 1.165) is 36.1 Å². The molecule has 0 spiro atoms. The summed E-state index contributed by atoms with van der Waals surface area (Å²) in [6.07, 6.45) is 14.6. The van der Waals surface area contributed by atoms with Gasteiger partial charge in [-0.15, -0.1) is 0 Å². The molecule has 2 aromatic rings. The topological polar surface area (TPSA) is 48.4 Å². The third-order valence-corrected chi connectivity index (χ3v) is 5.64. The molecule has 1 atom stereocenters. The molecule has 0 N–H and O–H groups in total. The van der Waals surface area contributed by atoms with E-state index in [1.807, 2.05) is 30.3 Å². The number of esters is 1. The van der Waals surface area contributed by atoms with Gasteiger partial charge in [-0.25, -0.2) is 0 Å². The van der Waals surface area contributed by atoms with Crippen molar-refractivity contribution in [2.75, 3.05) is 6.61 Å². The van der Waals surface area contributed by atoms with Crippen LogP contribution in [0.4, 0.5) is 0 Å². The molecule has 0 bridgehead atoms. The highest BCUT2D eigenvalue weighted by atomic mass is 16.5. The Balaban J connectivity index is 1.92. The first-order valence-electron chi connectivity index (χ1n) is 12.0. The molecular formula is C27H39NO3. The Kier molecular flexibility index (Phi) is 11.7. The summed E-state index contributed by atoms with van der Waals surface area (Å²) in [5.74, 6) is 1.59. The van der Waals surface area contributed by atoms with E-state index in [-0.39, 0.29) is 5.97 Å². The second-order valence-corrected chi connectivity index (χ2v) is 8.39. The third kappa shape index (κ3) is 9.12. The first-order chi connectivity index (χ1) is 15.2. The minimum atomic E-state index is -0.172. The molecule has 170 valence electrons. The van der Waals surface area contributed by atoms with Crippen molar-refractivity contribution in [3.05, 3.63) is 42.7 Å². The van der Waals surface area contributed by atoms with Gasteiger partial charge in [0, 0.05) is 23.7 Å². The van der Waals surface area contributed by atoms with E-state index >= 15 is 0 Å². The normalized spacial score (nSPS) is 11.8. The van der Waals surface area contributed by atoms with Crippen molar-refractivity contribution in [3.63, 3.8) is 0 Å². The lowest BCUT2D eigenvalue weighted by molar-refractivity contribution is -0.134. The Labute approximate surface area is 188 Å². The van der Waals surface area contributed by atoms with Gasteiger partial charge in [0.15, 0.2) is 0 Å². The van der Waals surface area contributed by atoms with Crippen LogP contribution in [0.2, 0.25) is 0 Å². The van der Waals surface area contributed by atoms with Crippen LogP contribution in [-0.2, 0) is 4.79 Å². The minimum absolute atomic E-state index is 0.172. The van der Waals surface area contributed by atoms with Gasteiger partial charge in [-0.05, 0) is 24.5 Å². The van der Waals surface area contributed by atoms with E-state index in [0.29, 0.717) is 24.7 Å². The summed E-state index contributed by atoms with van der Waals surface area (Å²) in [7, 11) is 0. The molecule has 0 radical (unpaired) electrons. The van der Waals surface area contributed by atoms with Crippen LogP contribution in [0.5, 0.6) is 11.5 Å². The highest BCUT2D eigenvalue weighted by molar-refractivity contribution is 5.80. The highest BCUT2D eigenvalue weighted by Gasteiger charge is 2.15. The Hall–Kier alpha value is -2.36. The van der Waals surface area contributed by atoms with Crippen LogP contribution in [0.3, 0.4) is 0 Å². The molecule has 31 heavy (non-hydrogen) atoms. The highest BCUT2D eigenvalue weighted by Crippen LogP contribution is 2.36. The molecule has 1 unspecified atom stereocenters. The summed E-state index contributed by atoms with van der Waals surface area (Å²) < 4.78 is 11.8. The van der Waals surface area contributed by atoms with Crippen LogP contribution in [0.1, 0.15) is 85.0 Å². The monoisotopic (exact) mass is 425 g/mol. The van der Waals surface area contributed by atoms with E-state index in [1.54, 1.807) is 12.4 Å². The molecule has 1 heterocycles. The maximum Gasteiger partial charge on any atom is 0.311 e. The van der Waals surface area contributed by atoms with Crippen molar-refractivity contribution in [2.45, 2.75) is 85.0 Å². The zero-order valence-corrected chi connectivity index (χ0v) is 19.6. The van der Waals surface area contributed by atoms with Crippen molar-refractivity contribution in [2.24, 2.45) is 5.92 Å². The lowest BCUT2D eigenvalue weighted by atomic mass is 10.0. The third-order valence-electron chi connectivity index (χ3n) is 5.64. The number of para-hydroxylation sites is 1. The molecule has 0 aliphatic rings. The summed E-state index contributed by atoms with van der Waals surface area (Å²) >= 11 is 0. The van der Waals surface area contributed by atoms with Gasteiger partial charge in [0.05, 0.1) is 12.8 Å². The fourth-order valence-electron chi connectivity index (χ4n) is 3.42. The average molecular weight is 426 g/mol. The number of carbonyl (C=O) groups is 1. The van der Waals surface area contributed by atoms with Crippen LogP contribution < -0.4 is 9.47 Å². The Morgan fingerprint density at radius 2 is 1.58 bits per heavy atom. The molecular weight excluding hydrogens is 386 g/mol. The molecule has 4 heteroatoms. The van der Waals surface area contributed by atoms with Gasteiger partial charge in [0.1, 0.15) is 11.5 Å². The first kappa shape index (κ1) is 24.9. The second-order valence-electron chi connectivity index (χ2n) is 8.39. The van der Waals surface area contributed by atoms with Crippen molar-refractivity contribution >= 4 is 5.97 Å². The Morgan fingerprint density at radius 3 is 2.32 bits per heavy atom. The molecule has 2 rings (SSSR count). The summed E-state index contributed by atoms with van der Waals surface area (Å²) in [6.45, 7) is 7.19. The number of aromatic nitrogens is 1. The standard InChI is InChI=1S/C27H39NO3/c1-4-6-7-8-9-10-11-12-17-27(29)31-25-16-14-13-15-23(25)24-18-19-28-20-26(24)30-21-22(3)5-2/h13-16,18-20,22H,4-12,17,21H2,1-3H3. The molecule has 1 aromatic carbocycles. The quantitative estimate of drug-likeness (QED) is 0.167. The van der Waals surface area contributed by atoms with E-state index in [2.05, 4.69) is 25.8 Å². The molecule has 0 fully saturated rings. The van der Waals surface area contributed by atoms with Gasteiger partial charge < -0.3 is 9.47 Å². The number of hydrogen-bond acceptors (Lipinski definition) is 4. The van der Waals surface area contributed by atoms with Crippen LogP contribution in [0.25, 0.3) is 11.1 Å². The Morgan fingerprint density at radius 1 is 0.903 bits per heavy atom. The number of benzene rings is 1. The molecule has 0 aliphatic heterocycles.